The Morgan fingerprint density at radius 3 is 2.65 bits per heavy atom. The van der Waals surface area contributed by atoms with Crippen molar-refractivity contribution in [3.63, 3.8) is 0 Å². The molecule has 1 aliphatic heterocycles. The first-order valence-corrected chi connectivity index (χ1v) is 7.58. The van der Waals surface area contributed by atoms with E-state index in [2.05, 4.69) is 20.0 Å². The highest BCUT2D eigenvalue weighted by Crippen LogP contribution is 2.24. The lowest BCUT2D eigenvalue weighted by Gasteiger charge is -2.16. The Labute approximate surface area is 133 Å². The van der Waals surface area contributed by atoms with Crippen molar-refractivity contribution in [1.82, 2.24) is 15.1 Å². The van der Waals surface area contributed by atoms with Crippen LogP contribution in [0.5, 0.6) is 0 Å². The third-order valence-electron chi connectivity index (χ3n) is 3.94. The summed E-state index contributed by atoms with van der Waals surface area (Å²) < 4.78 is 5.33. The molecule has 0 aliphatic carbocycles. The molecule has 3 heterocycles. The monoisotopic (exact) mass is 308 g/mol. The largest absolute Gasteiger partial charge is 0.391 e. The lowest BCUT2D eigenvalue weighted by molar-refractivity contribution is 0.198. The molecule has 1 aromatic carbocycles. The van der Waals surface area contributed by atoms with E-state index in [1.54, 1.807) is 6.20 Å². The molecule has 0 amide bonds. The third-order valence-corrected chi connectivity index (χ3v) is 3.94. The number of β-amino-alcohol motifs (C(OH)–C–C–N with tert-alkyl or cyclic N) is 1. The second-order valence-corrected chi connectivity index (χ2v) is 5.58. The average molecular weight is 308 g/mol. The molecule has 0 spiro atoms. The molecule has 1 atom stereocenters. The molecule has 4 rings (SSSR count). The van der Waals surface area contributed by atoms with Gasteiger partial charge in [-0.25, -0.2) is 4.98 Å². The van der Waals surface area contributed by atoms with Crippen LogP contribution in [0.25, 0.3) is 22.8 Å². The fourth-order valence-electron chi connectivity index (χ4n) is 2.69. The highest BCUT2D eigenvalue weighted by Gasteiger charge is 2.21. The van der Waals surface area contributed by atoms with Crippen molar-refractivity contribution in [1.29, 1.82) is 0 Å². The molecule has 116 valence electrons. The zero-order chi connectivity index (χ0) is 15.6. The zero-order valence-electron chi connectivity index (χ0n) is 12.5. The topological polar surface area (TPSA) is 75.3 Å². The van der Waals surface area contributed by atoms with Crippen LogP contribution < -0.4 is 4.90 Å². The molecular formula is C17H16N4O2. The fraction of sp³-hybridized carbons (Fsp3) is 0.235. The predicted molar refractivity (Wildman–Crippen MR) is 85.8 cm³/mol. The van der Waals surface area contributed by atoms with Crippen LogP contribution in [0, 0.1) is 0 Å². The molecule has 3 aromatic rings. The summed E-state index contributed by atoms with van der Waals surface area (Å²) in [5.74, 6) is 1.87. The van der Waals surface area contributed by atoms with E-state index in [1.165, 1.54) is 0 Å². The van der Waals surface area contributed by atoms with E-state index in [-0.39, 0.29) is 6.10 Å². The van der Waals surface area contributed by atoms with E-state index in [0.29, 0.717) is 18.3 Å². The summed E-state index contributed by atoms with van der Waals surface area (Å²) in [7, 11) is 0. The van der Waals surface area contributed by atoms with Crippen LogP contribution in [0.2, 0.25) is 0 Å². The van der Waals surface area contributed by atoms with Crippen LogP contribution in [0.3, 0.4) is 0 Å². The molecule has 0 bridgehead atoms. The number of pyridine rings is 1. The van der Waals surface area contributed by atoms with Crippen molar-refractivity contribution in [3.05, 3.63) is 48.7 Å². The van der Waals surface area contributed by atoms with Gasteiger partial charge in [0, 0.05) is 24.8 Å². The Kier molecular flexibility index (Phi) is 3.51. The molecule has 6 heteroatoms. The van der Waals surface area contributed by atoms with E-state index in [9.17, 15) is 5.11 Å². The summed E-state index contributed by atoms with van der Waals surface area (Å²) in [5.41, 5.74) is 1.70. The Morgan fingerprint density at radius 1 is 1.09 bits per heavy atom. The van der Waals surface area contributed by atoms with Crippen LogP contribution in [0.15, 0.2) is 53.2 Å². The highest BCUT2D eigenvalue weighted by atomic mass is 16.5. The van der Waals surface area contributed by atoms with Gasteiger partial charge in [-0.15, -0.1) is 0 Å². The fourth-order valence-corrected chi connectivity index (χ4v) is 2.69. The smallest absolute Gasteiger partial charge is 0.259 e. The van der Waals surface area contributed by atoms with Crippen LogP contribution in [-0.4, -0.2) is 39.4 Å². The zero-order valence-corrected chi connectivity index (χ0v) is 12.5. The number of rotatable bonds is 3. The number of hydrogen-bond donors (Lipinski definition) is 1. The van der Waals surface area contributed by atoms with Crippen LogP contribution in [0.4, 0.5) is 5.82 Å². The van der Waals surface area contributed by atoms with Crippen molar-refractivity contribution in [2.24, 2.45) is 0 Å². The molecule has 23 heavy (non-hydrogen) atoms. The summed E-state index contributed by atoms with van der Waals surface area (Å²) in [6.45, 7) is 1.46. The molecular weight excluding hydrogens is 292 g/mol. The van der Waals surface area contributed by atoms with Gasteiger partial charge in [0.1, 0.15) is 5.82 Å². The van der Waals surface area contributed by atoms with E-state index in [4.69, 9.17) is 4.52 Å². The van der Waals surface area contributed by atoms with Crippen LogP contribution >= 0.6 is 0 Å². The number of anilines is 1. The average Bonchev–Trinajstić information content (AvgIpc) is 3.25. The maximum Gasteiger partial charge on any atom is 0.259 e. The van der Waals surface area contributed by atoms with E-state index in [0.717, 1.165) is 29.9 Å². The van der Waals surface area contributed by atoms with Gasteiger partial charge in [-0.1, -0.05) is 35.5 Å². The van der Waals surface area contributed by atoms with Crippen molar-refractivity contribution in [2.75, 3.05) is 18.0 Å². The molecule has 0 saturated carbocycles. The third kappa shape index (κ3) is 2.80. The highest BCUT2D eigenvalue weighted by molar-refractivity contribution is 5.60. The summed E-state index contributed by atoms with van der Waals surface area (Å²) >= 11 is 0. The predicted octanol–water partition coefficient (Wildman–Crippen LogP) is 2.37. The number of nitrogens with zero attached hydrogens (tertiary/aromatic N) is 4. The van der Waals surface area contributed by atoms with Gasteiger partial charge in [0.2, 0.25) is 5.82 Å². The number of aliphatic hydroxyl groups is 1. The normalized spacial score (nSPS) is 17.6. The standard InChI is InChI=1S/C17H16N4O2/c22-14-8-9-21(11-14)15-7-6-13(10-18-15)17-19-16(20-23-17)12-4-2-1-3-5-12/h1-7,10,14,22H,8-9,11H2. The molecule has 1 N–H and O–H groups in total. The van der Waals surface area contributed by atoms with Gasteiger partial charge in [0.05, 0.1) is 11.7 Å². The number of aliphatic hydroxyl groups excluding tert-OH is 1. The quantitative estimate of drug-likeness (QED) is 0.800. The van der Waals surface area contributed by atoms with E-state index >= 15 is 0 Å². The maximum atomic E-state index is 9.60. The minimum atomic E-state index is -0.263. The first kappa shape index (κ1) is 13.9. The Hall–Kier alpha value is -2.73. The summed E-state index contributed by atoms with van der Waals surface area (Å²) in [6, 6.07) is 13.5. The molecule has 2 aromatic heterocycles. The lowest BCUT2D eigenvalue weighted by Crippen LogP contribution is -2.21. The van der Waals surface area contributed by atoms with E-state index in [1.807, 2.05) is 42.5 Å². The first-order valence-electron chi connectivity index (χ1n) is 7.58. The van der Waals surface area contributed by atoms with Crippen LogP contribution in [-0.2, 0) is 0 Å². The minimum absolute atomic E-state index is 0.263. The van der Waals surface area contributed by atoms with Crippen molar-refractivity contribution in [2.45, 2.75) is 12.5 Å². The van der Waals surface area contributed by atoms with Crippen LogP contribution in [0.1, 0.15) is 6.42 Å². The minimum Gasteiger partial charge on any atom is -0.391 e. The van der Waals surface area contributed by atoms with Gasteiger partial charge in [-0.3, -0.25) is 0 Å². The van der Waals surface area contributed by atoms with Gasteiger partial charge in [-0.05, 0) is 18.6 Å². The van der Waals surface area contributed by atoms with Gasteiger partial charge < -0.3 is 14.5 Å². The van der Waals surface area contributed by atoms with E-state index < -0.39 is 0 Å². The molecule has 1 aliphatic rings. The second-order valence-electron chi connectivity index (χ2n) is 5.58. The van der Waals surface area contributed by atoms with Crippen molar-refractivity contribution < 1.29 is 9.63 Å². The van der Waals surface area contributed by atoms with Crippen molar-refractivity contribution in [3.8, 4) is 22.8 Å². The summed E-state index contributed by atoms with van der Waals surface area (Å²) in [6.07, 6.45) is 2.25. The molecule has 1 saturated heterocycles. The second kappa shape index (κ2) is 5.81. The van der Waals surface area contributed by atoms with Gasteiger partial charge in [0.15, 0.2) is 0 Å². The number of benzene rings is 1. The van der Waals surface area contributed by atoms with Gasteiger partial charge in [0.25, 0.3) is 5.89 Å². The SMILES string of the molecule is OC1CCN(c2ccc(-c3nc(-c4ccccc4)no3)cn2)C1. The molecule has 1 fully saturated rings. The Bertz CT molecular complexity index is 786. The lowest BCUT2D eigenvalue weighted by atomic mass is 10.2. The first-order chi connectivity index (χ1) is 11.3. The molecule has 0 radical (unpaired) electrons. The number of aromatic nitrogens is 3. The maximum absolute atomic E-state index is 9.60. The van der Waals surface area contributed by atoms with Crippen molar-refractivity contribution >= 4 is 5.82 Å². The van der Waals surface area contributed by atoms with Gasteiger partial charge >= 0.3 is 0 Å². The summed E-state index contributed by atoms with van der Waals surface area (Å²) in [5, 5.41) is 13.6. The molecule has 1 unspecified atom stereocenters. The Morgan fingerprint density at radius 2 is 1.96 bits per heavy atom. The number of hydrogen-bond acceptors (Lipinski definition) is 6. The van der Waals surface area contributed by atoms with Gasteiger partial charge in [-0.2, -0.15) is 4.98 Å². The summed E-state index contributed by atoms with van der Waals surface area (Å²) in [4.78, 5) is 10.9. The Balaban J connectivity index is 1.56. The molecule has 6 nitrogen and oxygen atoms in total.